The molecule has 0 saturated carbocycles. The van der Waals surface area contributed by atoms with Crippen LogP contribution in [0.2, 0.25) is 0 Å². The Bertz CT molecular complexity index is 1430. The number of nitrogens with zero attached hydrogens (tertiary/aromatic N) is 2. The van der Waals surface area contributed by atoms with Crippen LogP contribution in [0.5, 0.6) is 0 Å². The number of carbonyl (C=O) groups is 2. The Labute approximate surface area is 420 Å². The monoisotopic (exact) mass is 949 g/mol. The van der Waals surface area contributed by atoms with Crippen LogP contribution in [-0.4, -0.2) is 71.3 Å². The Hall–Kier alpha value is -1.61. The van der Waals surface area contributed by atoms with E-state index in [-0.39, 0.29) is 11.8 Å². The molecular formula is C58H106B2N2O6. The number of unbranched alkanes of at least 4 members (excludes halogenated alkanes) is 24. The highest BCUT2D eigenvalue weighted by atomic mass is 16.7. The van der Waals surface area contributed by atoms with Gasteiger partial charge in [0.05, 0.1) is 44.7 Å². The van der Waals surface area contributed by atoms with Crippen molar-refractivity contribution in [3.63, 3.8) is 0 Å². The molecule has 4 heterocycles. The van der Waals surface area contributed by atoms with Crippen LogP contribution in [0.3, 0.4) is 0 Å². The first-order valence-electron chi connectivity index (χ1n) is 29.3. The average Bonchev–Trinajstić information content (AvgIpc) is 3.88. The highest BCUT2D eigenvalue weighted by Gasteiger charge is 2.63. The van der Waals surface area contributed by atoms with Gasteiger partial charge in [0.25, 0.3) is 11.8 Å². The first kappa shape index (κ1) is 59.0. The molecule has 390 valence electrons. The maximum atomic E-state index is 15.7. The lowest BCUT2D eigenvalue weighted by atomic mass is 9.78. The van der Waals surface area contributed by atoms with Gasteiger partial charge in [0.2, 0.25) is 0 Å². The molecule has 0 N–H and O–H groups in total. The zero-order chi connectivity index (χ0) is 49.8. The van der Waals surface area contributed by atoms with E-state index in [1.165, 1.54) is 154 Å². The van der Waals surface area contributed by atoms with Crippen LogP contribution in [-0.2, 0) is 28.2 Å². The molecule has 68 heavy (non-hydrogen) atoms. The smallest absolute Gasteiger partial charge is 0.398 e. The molecule has 2 fully saturated rings. The molecule has 0 aromatic heterocycles. The molecule has 2 unspecified atom stereocenters. The largest absolute Gasteiger partial charge is 0.513 e. The van der Waals surface area contributed by atoms with E-state index in [0.717, 1.165) is 51.4 Å². The third kappa shape index (κ3) is 16.7. The van der Waals surface area contributed by atoms with Crippen molar-refractivity contribution in [3.05, 3.63) is 22.3 Å². The fraction of sp³-hybridized carbons (Fsp3) is 0.897. The molecule has 10 heteroatoms. The molecule has 4 aliphatic heterocycles. The first-order chi connectivity index (χ1) is 32.5. The summed E-state index contributed by atoms with van der Waals surface area (Å²) in [6.45, 7) is 26.8. The molecule has 0 aromatic carbocycles. The quantitative estimate of drug-likeness (QED) is 0.0453. The molecule has 2 atom stereocenters. The molecule has 4 aliphatic rings. The van der Waals surface area contributed by atoms with E-state index in [0.29, 0.717) is 47.3 Å². The Kier molecular flexibility index (Phi) is 25.3. The predicted octanol–water partition coefficient (Wildman–Crippen LogP) is 16.2. The van der Waals surface area contributed by atoms with E-state index in [1.54, 1.807) is 0 Å². The zero-order valence-electron chi connectivity index (χ0n) is 46.7. The molecular weight excluding hydrogens is 842 g/mol. The van der Waals surface area contributed by atoms with E-state index in [2.05, 4.69) is 83.1 Å². The van der Waals surface area contributed by atoms with Crippen LogP contribution in [0, 0.1) is 11.8 Å². The van der Waals surface area contributed by atoms with Gasteiger partial charge in [-0.2, -0.15) is 0 Å². The maximum Gasteiger partial charge on any atom is 0.513 e. The van der Waals surface area contributed by atoms with Gasteiger partial charge in [0.15, 0.2) is 0 Å². The number of amides is 2. The summed E-state index contributed by atoms with van der Waals surface area (Å²) in [5.74, 6) is 0.374. The Morgan fingerprint density at radius 1 is 0.353 bits per heavy atom. The lowest BCUT2D eigenvalue weighted by Gasteiger charge is -2.32. The molecule has 2 amide bonds. The summed E-state index contributed by atoms with van der Waals surface area (Å²) in [4.78, 5) is 35.3. The minimum absolute atomic E-state index is 0.121. The summed E-state index contributed by atoms with van der Waals surface area (Å²) >= 11 is 0. The highest BCUT2D eigenvalue weighted by molar-refractivity contribution is 6.61. The van der Waals surface area contributed by atoms with Crippen LogP contribution in [0.25, 0.3) is 0 Å². The van der Waals surface area contributed by atoms with Crippen LogP contribution >= 0.6 is 0 Å². The van der Waals surface area contributed by atoms with E-state index in [4.69, 9.17) is 18.6 Å². The van der Waals surface area contributed by atoms with Gasteiger partial charge in [-0.3, -0.25) is 9.59 Å². The third-order valence-corrected chi connectivity index (χ3v) is 17.0. The SMILES string of the molecule is CCCCCCCCCCC(CCCCCCCC)CN1C(=O)C2=C(B3OC(C)(C)C(C)(C)O3)N(CC(CCCCCCCC)CCCCCCCCCC)C(=O)C2=C1B1OC(C)(C)C(C)(C)O1. The minimum atomic E-state index is -0.853. The summed E-state index contributed by atoms with van der Waals surface area (Å²) in [7, 11) is -1.71. The van der Waals surface area contributed by atoms with Crippen molar-refractivity contribution in [2.45, 2.75) is 311 Å². The minimum Gasteiger partial charge on any atom is -0.398 e. The van der Waals surface area contributed by atoms with Crippen molar-refractivity contribution in [1.82, 2.24) is 9.80 Å². The molecule has 4 rings (SSSR count). The molecule has 8 nitrogen and oxygen atoms in total. The van der Waals surface area contributed by atoms with Gasteiger partial charge in [0.1, 0.15) is 0 Å². The topological polar surface area (TPSA) is 77.5 Å². The summed E-state index contributed by atoms with van der Waals surface area (Å²) in [6.07, 6.45) is 39.6. The fourth-order valence-corrected chi connectivity index (χ4v) is 10.9. The second-order valence-electron chi connectivity index (χ2n) is 23.9. The van der Waals surface area contributed by atoms with Gasteiger partial charge in [-0.15, -0.1) is 0 Å². The van der Waals surface area contributed by atoms with Crippen molar-refractivity contribution >= 4 is 26.1 Å². The van der Waals surface area contributed by atoms with Gasteiger partial charge in [-0.25, -0.2) is 0 Å². The molecule has 0 bridgehead atoms. The number of rotatable bonds is 38. The van der Waals surface area contributed by atoms with E-state index in [1.807, 2.05) is 9.80 Å². The molecule has 0 spiro atoms. The van der Waals surface area contributed by atoms with Crippen LogP contribution in [0.4, 0.5) is 0 Å². The van der Waals surface area contributed by atoms with Crippen molar-refractivity contribution in [2.75, 3.05) is 13.1 Å². The van der Waals surface area contributed by atoms with Crippen molar-refractivity contribution in [1.29, 1.82) is 0 Å². The normalized spacial score (nSPS) is 20.5. The van der Waals surface area contributed by atoms with E-state index < -0.39 is 36.6 Å². The second-order valence-corrected chi connectivity index (χ2v) is 23.9. The second kappa shape index (κ2) is 29.2. The van der Waals surface area contributed by atoms with Gasteiger partial charge in [0, 0.05) is 13.1 Å². The predicted molar refractivity (Wildman–Crippen MR) is 287 cm³/mol. The van der Waals surface area contributed by atoms with Crippen molar-refractivity contribution in [3.8, 4) is 0 Å². The third-order valence-electron chi connectivity index (χ3n) is 17.0. The first-order valence-corrected chi connectivity index (χ1v) is 29.3. The Balaban J connectivity index is 1.73. The molecule has 2 saturated heterocycles. The number of fused-ring (bicyclic) bond motifs is 1. The zero-order valence-corrected chi connectivity index (χ0v) is 46.7. The van der Waals surface area contributed by atoms with Gasteiger partial charge < -0.3 is 28.4 Å². The van der Waals surface area contributed by atoms with Crippen LogP contribution < -0.4 is 0 Å². The summed E-state index contributed by atoms with van der Waals surface area (Å²) < 4.78 is 27.5. The summed E-state index contributed by atoms with van der Waals surface area (Å²) in [6, 6.07) is 0. The Morgan fingerprint density at radius 2 is 0.559 bits per heavy atom. The maximum absolute atomic E-state index is 15.7. The summed E-state index contributed by atoms with van der Waals surface area (Å²) in [5, 5.41) is 0. The molecule has 0 aromatic rings. The fourth-order valence-electron chi connectivity index (χ4n) is 10.9. The van der Waals surface area contributed by atoms with Crippen LogP contribution in [0.15, 0.2) is 22.3 Å². The molecule has 0 aliphatic carbocycles. The highest BCUT2D eigenvalue weighted by Crippen LogP contribution is 2.49. The number of hydrogen-bond acceptors (Lipinski definition) is 6. The lowest BCUT2D eigenvalue weighted by molar-refractivity contribution is -0.125. The van der Waals surface area contributed by atoms with Gasteiger partial charge in [-0.05, 0) is 92.9 Å². The Morgan fingerprint density at radius 3 is 0.779 bits per heavy atom. The van der Waals surface area contributed by atoms with E-state index in [9.17, 15) is 0 Å². The van der Waals surface area contributed by atoms with Crippen molar-refractivity contribution in [2.24, 2.45) is 11.8 Å². The summed E-state index contributed by atoms with van der Waals surface area (Å²) in [5.41, 5.74) is -0.465. The number of hydrogen-bond donors (Lipinski definition) is 0. The van der Waals surface area contributed by atoms with Gasteiger partial charge in [-0.1, -0.05) is 207 Å². The van der Waals surface area contributed by atoms with Crippen molar-refractivity contribution < 1.29 is 28.2 Å². The van der Waals surface area contributed by atoms with Crippen LogP contribution in [0.1, 0.15) is 289 Å². The lowest BCUT2D eigenvalue weighted by Crippen LogP contribution is -2.43. The number of carbonyl (C=O) groups excluding carboxylic acids is 2. The van der Waals surface area contributed by atoms with Gasteiger partial charge >= 0.3 is 14.2 Å². The molecule has 0 radical (unpaired) electrons. The average molecular weight is 949 g/mol. The standard InChI is InChI=1S/C58H106B2N2O6/c1-13-17-21-25-29-31-35-39-43-47(41-37-33-27-23-19-15-3)45-61-51(59-65-55(5,6)56(7,8)66-59)49-50(53(61)63)52(60-67-57(9,10)58(11,12)68-60)62(54(49)64)46-48(42-38-34-28-24-20-16-4)44-40-36-32-30-26-22-18-14-2/h47-48H,13-46H2,1-12H3. The van der Waals surface area contributed by atoms with E-state index >= 15 is 9.59 Å².